The number of hydrogen-bond acceptors (Lipinski definition) is 4. The molecule has 0 unspecified atom stereocenters. The molecule has 0 aliphatic heterocycles. The molecule has 8 atom stereocenters. The predicted octanol–water partition coefficient (Wildman–Crippen LogP) is 5.28. The third-order valence-corrected chi connectivity index (χ3v) is 10.0. The second kappa shape index (κ2) is 7.88. The van der Waals surface area contributed by atoms with E-state index in [4.69, 9.17) is 4.74 Å². The van der Waals surface area contributed by atoms with Crippen LogP contribution in [0.25, 0.3) is 0 Å². The highest BCUT2D eigenvalue weighted by atomic mass is 16.5. The Balaban J connectivity index is 1.36. The van der Waals surface area contributed by atoms with Crippen LogP contribution in [0.15, 0.2) is 30.0 Å². The fourth-order valence-electron chi connectivity index (χ4n) is 8.39. The number of aromatic nitrogens is 1. The van der Waals surface area contributed by atoms with Crippen molar-refractivity contribution in [1.82, 2.24) is 4.98 Å². The third-order valence-electron chi connectivity index (χ3n) is 10.0. The summed E-state index contributed by atoms with van der Waals surface area (Å²) in [6, 6.07) is 3.83. The van der Waals surface area contributed by atoms with Crippen molar-refractivity contribution >= 4 is 0 Å². The van der Waals surface area contributed by atoms with Crippen molar-refractivity contribution < 1.29 is 14.9 Å². The standard InChI is InChI=1S/C27H39NO3/c1-17(31-25-5-4-14-28-24(25)16-29)21-8-9-22-20-7-6-18-15-19(30)10-12-26(18,2)23(20)11-13-27(21,22)3/h4-6,14,17,19-23,29-30H,7-13,15-16H2,1-3H3/t17-,19-,20-,21+,22-,23-,26-,27+/m0/s1. The molecule has 3 saturated carbocycles. The van der Waals surface area contributed by atoms with Crippen LogP contribution in [0.4, 0.5) is 0 Å². The van der Waals surface area contributed by atoms with Gasteiger partial charge in [0.25, 0.3) is 0 Å². The molecular weight excluding hydrogens is 386 g/mol. The van der Waals surface area contributed by atoms with E-state index in [9.17, 15) is 10.2 Å². The van der Waals surface area contributed by atoms with Crippen LogP contribution in [0, 0.1) is 34.5 Å². The summed E-state index contributed by atoms with van der Waals surface area (Å²) >= 11 is 0. The van der Waals surface area contributed by atoms with E-state index in [1.807, 2.05) is 12.1 Å². The average Bonchev–Trinajstić information content (AvgIpc) is 3.12. The van der Waals surface area contributed by atoms with Gasteiger partial charge in [-0.05, 0) is 99.0 Å². The fourth-order valence-corrected chi connectivity index (χ4v) is 8.39. The highest BCUT2D eigenvalue weighted by Gasteiger charge is 2.59. The Morgan fingerprint density at radius 3 is 2.81 bits per heavy atom. The lowest BCUT2D eigenvalue weighted by atomic mass is 9.47. The van der Waals surface area contributed by atoms with Crippen LogP contribution in [-0.4, -0.2) is 27.4 Å². The zero-order valence-corrected chi connectivity index (χ0v) is 19.4. The first-order valence-electron chi connectivity index (χ1n) is 12.5. The number of rotatable bonds is 4. The maximum atomic E-state index is 10.2. The lowest BCUT2D eigenvalue weighted by molar-refractivity contribution is -0.0644. The van der Waals surface area contributed by atoms with E-state index in [0.717, 1.165) is 42.8 Å². The molecule has 4 aliphatic rings. The minimum atomic E-state index is -0.130. The SMILES string of the molecule is C[C@H](Oc1cccnc1CO)[C@H]1CC[C@H]2[C@@H]3CC=C4C[C@@H](O)CC[C@]4(C)[C@H]3CC[C@]12C. The Labute approximate surface area is 187 Å². The molecule has 0 spiro atoms. The molecule has 1 heterocycles. The molecule has 1 aromatic heterocycles. The Morgan fingerprint density at radius 2 is 2.00 bits per heavy atom. The molecule has 170 valence electrons. The van der Waals surface area contributed by atoms with Crippen molar-refractivity contribution in [3.63, 3.8) is 0 Å². The summed E-state index contributed by atoms with van der Waals surface area (Å²) in [4.78, 5) is 4.28. The zero-order valence-electron chi connectivity index (χ0n) is 19.4. The Bertz CT molecular complexity index is 853. The number of hydrogen-bond donors (Lipinski definition) is 2. The van der Waals surface area contributed by atoms with Crippen molar-refractivity contribution in [2.75, 3.05) is 0 Å². The van der Waals surface area contributed by atoms with E-state index in [-0.39, 0.29) is 18.8 Å². The lowest BCUT2D eigenvalue weighted by Gasteiger charge is -2.58. The van der Waals surface area contributed by atoms with E-state index in [0.29, 0.717) is 22.4 Å². The number of aliphatic hydroxyl groups excluding tert-OH is 2. The van der Waals surface area contributed by atoms with Gasteiger partial charge in [-0.15, -0.1) is 0 Å². The quantitative estimate of drug-likeness (QED) is 0.644. The molecule has 4 aliphatic carbocycles. The first-order chi connectivity index (χ1) is 14.9. The third kappa shape index (κ3) is 3.36. The van der Waals surface area contributed by atoms with E-state index < -0.39 is 0 Å². The normalized spacial score (nSPS) is 42.7. The molecule has 4 nitrogen and oxygen atoms in total. The zero-order chi connectivity index (χ0) is 21.8. The summed E-state index contributed by atoms with van der Waals surface area (Å²) in [6.45, 7) is 7.18. The molecule has 0 aromatic carbocycles. The maximum absolute atomic E-state index is 10.2. The van der Waals surface area contributed by atoms with E-state index in [1.54, 1.807) is 11.8 Å². The van der Waals surface area contributed by atoms with Crippen LogP contribution in [0.5, 0.6) is 5.75 Å². The molecule has 1 aromatic rings. The topological polar surface area (TPSA) is 62.6 Å². The highest BCUT2D eigenvalue weighted by Crippen LogP contribution is 2.66. The highest BCUT2D eigenvalue weighted by molar-refractivity contribution is 5.27. The van der Waals surface area contributed by atoms with Gasteiger partial charge in [0.2, 0.25) is 0 Å². The molecule has 31 heavy (non-hydrogen) atoms. The summed E-state index contributed by atoms with van der Waals surface area (Å²) in [5, 5.41) is 19.9. The summed E-state index contributed by atoms with van der Waals surface area (Å²) in [6.07, 6.45) is 13.6. The molecule has 4 heteroatoms. The molecule has 3 fully saturated rings. The number of allylic oxidation sites excluding steroid dienone is 1. The molecule has 0 amide bonds. The Hall–Kier alpha value is -1.39. The summed E-state index contributed by atoms with van der Waals surface area (Å²) < 4.78 is 6.43. The first-order valence-corrected chi connectivity index (χ1v) is 12.5. The average molecular weight is 426 g/mol. The molecule has 0 saturated heterocycles. The van der Waals surface area contributed by atoms with Gasteiger partial charge in [0.05, 0.1) is 18.8 Å². The van der Waals surface area contributed by atoms with Gasteiger partial charge in [0, 0.05) is 12.1 Å². The van der Waals surface area contributed by atoms with Gasteiger partial charge in [0.15, 0.2) is 0 Å². The van der Waals surface area contributed by atoms with Crippen LogP contribution < -0.4 is 4.74 Å². The molecule has 5 rings (SSSR count). The van der Waals surface area contributed by atoms with E-state index in [2.05, 4.69) is 31.8 Å². The van der Waals surface area contributed by atoms with Gasteiger partial charge in [-0.25, -0.2) is 0 Å². The molecule has 0 bridgehead atoms. The van der Waals surface area contributed by atoms with Crippen LogP contribution in [0.2, 0.25) is 0 Å². The molecular formula is C27H39NO3. The number of pyridine rings is 1. The molecule has 2 N–H and O–H groups in total. The number of nitrogens with zero attached hydrogens (tertiary/aromatic N) is 1. The van der Waals surface area contributed by atoms with E-state index in [1.165, 1.54) is 32.1 Å². The van der Waals surface area contributed by atoms with Gasteiger partial charge in [-0.3, -0.25) is 4.98 Å². The number of aliphatic hydroxyl groups is 2. The smallest absolute Gasteiger partial charge is 0.143 e. The summed E-state index contributed by atoms with van der Waals surface area (Å²) in [5.41, 5.74) is 2.80. The largest absolute Gasteiger partial charge is 0.488 e. The number of ether oxygens (including phenoxy) is 1. The van der Waals surface area contributed by atoms with E-state index >= 15 is 0 Å². The van der Waals surface area contributed by atoms with Crippen LogP contribution in [0.3, 0.4) is 0 Å². The van der Waals surface area contributed by atoms with Crippen LogP contribution in [0.1, 0.15) is 77.8 Å². The predicted molar refractivity (Wildman–Crippen MR) is 121 cm³/mol. The summed E-state index contributed by atoms with van der Waals surface area (Å²) in [7, 11) is 0. The second-order valence-electron chi connectivity index (χ2n) is 11.3. The first kappa shape index (κ1) is 21.5. The minimum Gasteiger partial charge on any atom is -0.488 e. The number of fused-ring (bicyclic) bond motifs is 5. The van der Waals surface area contributed by atoms with Gasteiger partial charge in [-0.1, -0.05) is 25.5 Å². The van der Waals surface area contributed by atoms with Crippen molar-refractivity contribution in [1.29, 1.82) is 0 Å². The monoisotopic (exact) mass is 425 g/mol. The van der Waals surface area contributed by atoms with Crippen molar-refractivity contribution in [3.05, 3.63) is 35.7 Å². The fraction of sp³-hybridized carbons (Fsp3) is 0.741. The Morgan fingerprint density at radius 1 is 1.16 bits per heavy atom. The van der Waals surface area contributed by atoms with Gasteiger partial charge in [0.1, 0.15) is 11.4 Å². The van der Waals surface area contributed by atoms with Crippen molar-refractivity contribution in [3.8, 4) is 5.75 Å². The van der Waals surface area contributed by atoms with Crippen LogP contribution >= 0.6 is 0 Å². The lowest BCUT2D eigenvalue weighted by Crippen LogP contribution is -2.51. The van der Waals surface area contributed by atoms with Gasteiger partial charge in [-0.2, -0.15) is 0 Å². The minimum absolute atomic E-state index is 0.0842. The van der Waals surface area contributed by atoms with Crippen LogP contribution in [-0.2, 0) is 6.61 Å². The van der Waals surface area contributed by atoms with Crippen molar-refractivity contribution in [2.45, 2.75) is 91.0 Å². The Kier molecular flexibility index (Phi) is 5.45. The van der Waals surface area contributed by atoms with Gasteiger partial charge >= 0.3 is 0 Å². The van der Waals surface area contributed by atoms with Crippen molar-refractivity contribution in [2.24, 2.45) is 34.5 Å². The maximum Gasteiger partial charge on any atom is 0.143 e. The second-order valence-corrected chi connectivity index (χ2v) is 11.3. The van der Waals surface area contributed by atoms with Gasteiger partial charge < -0.3 is 14.9 Å². The summed E-state index contributed by atoms with van der Waals surface area (Å²) in [5.74, 6) is 3.57. The molecule has 0 radical (unpaired) electrons.